The second kappa shape index (κ2) is 5.33. The Hall–Kier alpha value is -1.65. The number of nitrogens with one attached hydrogen (secondary N) is 1. The second-order valence-electron chi connectivity index (χ2n) is 3.70. The Balaban J connectivity index is 0.00000120. The number of hydrogen-bond donors (Lipinski definition) is 2. The summed E-state index contributed by atoms with van der Waals surface area (Å²) in [6.45, 7) is 0. The van der Waals surface area contributed by atoms with Crippen molar-refractivity contribution in [3.8, 4) is 0 Å². The molecule has 0 unspecified atom stereocenters. The first-order chi connectivity index (χ1) is 8.33. The summed E-state index contributed by atoms with van der Waals surface area (Å²) in [6, 6.07) is 15.8. The minimum Gasteiger partial charge on any atom is -0.398 e. The van der Waals surface area contributed by atoms with Gasteiger partial charge in [-0.25, -0.2) is 4.98 Å². The van der Waals surface area contributed by atoms with E-state index < -0.39 is 0 Å². The molecule has 0 aliphatic carbocycles. The van der Waals surface area contributed by atoms with Crippen LogP contribution in [0.4, 0.5) is 5.69 Å². The number of nitrogens with zero attached hydrogens (tertiary/aromatic N) is 1. The maximum absolute atomic E-state index is 5.90. The van der Waals surface area contributed by atoms with Gasteiger partial charge in [0.05, 0.1) is 11.0 Å². The van der Waals surface area contributed by atoms with Crippen LogP contribution in [0.1, 0.15) is 0 Å². The average Bonchev–Trinajstić information content (AvgIpc) is 2.74. The molecule has 0 saturated carbocycles. The summed E-state index contributed by atoms with van der Waals surface area (Å²) in [4.78, 5) is 8.79. The predicted molar refractivity (Wildman–Crippen MR) is 78.3 cm³/mol. The Morgan fingerprint density at radius 2 is 1.72 bits per heavy atom. The number of nitrogen functional groups attached to an aromatic ring is 1. The molecule has 3 N–H and O–H groups in total. The highest BCUT2D eigenvalue weighted by Gasteiger charge is 2.05. The van der Waals surface area contributed by atoms with Crippen LogP contribution in [-0.2, 0) is 0 Å². The van der Waals surface area contributed by atoms with Gasteiger partial charge in [-0.3, -0.25) is 0 Å². The van der Waals surface area contributed by atoms with E-state index in [-0.39, 0.29) is 12.4 Å². The molecule has 1 aromatic heterocycles. The van der Waals surface area contributed by atoms with Crippen LogP contribution in [0, 0.1) is 0 Å². The minimum atomic E-state index is 0. The van der Waals surface area contributed by atoms with E-state index in [0.29, 0.717) is 0 Å². The lowest BCUT2D eigenvalue weighted by atomic mass is 10.3. The summed E-state index contributed by atoms with van der Waals surface area (Å²) in [5, 5.41) is 0.865. The van der Waals surface area contributed by atoms with Crippen LogP contribution in [0.25, 0.3) is 11.0 Å². The van der Waals surface area contributed by atoms with Crippen LogP contribution >= 0.6 is 24.2 Å². The SMILES string of the molecule is Cl.Nc1ccccc1Sc1nc2ccccc2[nH]1. The maximum Gasteiger partial charge on any atom is 0.171 e. The van der Waals surface area contributed by atoms with Crippen LogP contribution in [0.15, 0.2) is 58.6 Å². The number of benzene rings is 2. The van der Waals surface area contributed by atoms with E-state index in [2.05, 4.69) is 9.97 Å². The molecule has 0 fully saturated rings. The number of anilines is 1. The normalized spacial score (nSPS) is 10.2. The van der Waals surface area contributed by atoms with Crippen LogP contribution in [0.3, 0.4) is 0 Å². The fraction of sp³-hybridized carbons (Fsp3) is 0. The molecule has 0 spiro atoms. The number of imidazole rings is 1. The Kier molecular flexibility index (Phi) is 3.79. The highest BCUT2D eigenvalue weighted by Crippen LogP contribution is 2.30. The first-order valence-corrected chi connectivity index (χ1v) is 6.12. The van der Waals surface area contributed by atoms with E-state index in [4.69, 9.17) is 5.73 Å². The highest BCUT2D eigenvalue weighted by molar-refractivity contribution is 7.99. The molecule has 0 aliphatic heterocycles. The maximum atomic E-state index is 5.90. The molecule has 0 bridgehead atoms. The predicted octanol–water partition coefficient (Wildman–Crippen LogP) is 3.72. The van der Waals surface area contributed by atoms with Crippen LogP contribution < -0.4 is 5.73 Å². The van der Waals surface area contributed by atoms with Crippen molar-refractivity contribution in [3.05, 3.63) is 48.5 Å². The van der Waals surface area contributed by atoms with Gasteiger partial charge >= 0.3 is 0 Å². The first kappa shape index (κ1) is 12.8. The molecule has 0 saturated heterocycles. The summed E-state index contributed by atoms with van der Waals surface area (Å²) in [5.74, 6) is 0. The number of hydrogen-bond acceptors (Lipinski definition) is 3. The van der Waals surface area contributed by atoms with E-state index in [1.807, 2.05) is 48.5 Å². The molecule has 5 heteroatoms. The Bertz CT molecular complexity index is 633. The largest absolute Gasteiger partial charge is 0.398 e. The number of aromatic amines is 1. The highest BCUT2D eigenvalue weighted by atomic mass is 35.5. The van der Waals surface area contributed by atoms with Gasteiger partial charge in [-0.1, -0.05) is 24.3 Å². The molecule has 0 amide bonds. The van der Waals surface area contributed by atoms with Gasteiger partial charge in [-0.2, -0.15) is 0 Å². The Morgan fingerprint density at radius 3 is 2.50 bits per heavy atom. The van der Waals surface area contributed by atoms with Gasteiger partial charge in [0.2, 0.25) is 0 Å². The summed E-state index contributed by atoms with van der Waals surface area (Å²) >= 11 is 1.55. The smallest absolute Gasteiger partial charge is 0.171 e. The molecule has 3 rings (SSSR count). The molecule has 1 heterocycles. The van der Waals surface area contributed by atoms with E-state index >= 15 is 0 Å². The van der Waals surface area contributed by atoms with Crippen molar-refractivity contribution < 1.29 is 0 Å². The van der Waals surface area contributed by atoms with Crippen molar-refractivity contribution in [2.45, 2.75) is 10.1 Å². The standard InChI is InChI=1S/C13H11N3S.ClH/c14-9-5-1-4-8-12(9)17-13-15-10-6-2-3-7-11(10)16-13;/h1-8H,14H2,(H,15,16);1H. The van der Waals surface area contributed by atoms with Crippen LogP contribution in [0.2, 0.25) is 0 Å². The van der Waals surface area contributed by atoms with E-state index in [1.54, 1.807) is 11.8 Å². The van der Waals surface area contributed by atoms with E-state index in [0.717, 1.165) is 26.8 Å². The van der Waals surface area contributed by atoms with Gasteiger partial charge in [0, 0.05) is 10.6 Å². The number of halogens is 1. The number of para-hydroxylation sites is 3. The van der Waals surface area contributed by atoms with Gasteiger partial charge in [0.25, 0.3) is 0 Å². The van der Waals surface area contributed by atoms with Crippen molar-refractivity contribution >= 4 is 40.9 Å². The number of nitrogens with two attached hydrogens (primary N) is 1. The van der Waals surface area contributed by atoms with Crippen molar-refractivity contribution in [1.29, 1.82) is 0 Å². The lowest BCUT2D eigenvalue weighted by Crippen LogP contribution is -1.87. The molecule has 3 aromatic rings. The lowest BCUT2D eigenvalue weighted by molar-refractivity contribution is 1.08. The topological polar surface area (TPSA) is 54.7 Å². The third-order valence-electron chi connectivity index (χ3n) is 2.49. The zero-order chi connectivity index (χ0) is 11.7. The molecule has 0 aliphatic rings. The monoisotopic (exact) mass is 277 g/mol. The van der Waals surface area contributed by atoms with Gasteiger partial charge in [0.1, 0.15) is 0 Å². The fourth-order valence-electron chi connectivity index (χ4n) is 1.66. The van der Waals surface area contributed by atoms with E-state index in [1.165, 1.54) is 0 Å². The summed E-state index contributed by atoms with van der Waals surface area (Å²) in [5.41, 5.74) is 8.70. The Labute approximate surface area is 115 Å². The number of H-pyrrole nitrogens is 1. The first-order valence-electron chi connectivity index (χ1n) is 5.30. The quantitative estimate of drug-likeness (QED) is 0.702. The number of aromatic nitrogens is 2. The van der Waals surface area contributed by atoms with Gasteiger partial charge in [0.15, 0.2) is 5.16 Å². The number of fused-ring (bicyclic) bond motifs is 1. The molecule has 0 atom stereocenters. The summed E-state index contributed by atoms with van der Waals surface area (Å²) in [6.07, 6.45) is 0. The molecule has 92 valence electrons. The molecule has 2 aromatic carbocycles. The zero-order valence-corrected chi connectivity index (χ0v) is 11.1. The zero-order valence-electron chi connectivity index (χ0n) is 9.46. The van der Waals surface area contributed by atoms with Gasteiger partial charge in [-0.15, -0.1) is 12.4 Å². The van der Waals surface area contributed by atoms with E-state index in [9.17, 15) is 0 Å². The third-order valence-corrected chi connectivity index (χ3v) is 3.47. The van der Waals surface area contributed by atoms with Crippen molar-refractivity contribution in [2.24, 2.45) is 0 Å². The Morgan fingerprint density at radius 1 is 1.00 bits per heavy atom. The average molecular weight is 278 g/mol. The lowest BCUT2D eigenvalue weighted by Gasteiger charge is -2.01. The summed E-state index contributed by atoms with van der Waals surface area (Å²) in [7, 11) is 0. The van der Waals surface area contributed by atoms with Crippen LogP contribution in [0.5, 0.6) is 0 Å². The third kappa shape index (κ3) is 2.44. The fourth-order valence-corrected chi connectivity index (χ4v) is 2.50. The molecule has 18 heavy (non-hydrogen) atoms. The van der Waals surface area contributed by atoms with Crippen molar-refractivity contribution in [2.75, 3.05) is 5.73 Å². The number of rotatable bonds is 2. The second-order valence-corrected chi connectivity index (χ2v) is 4.73. The minimum absolute atomic E-state index is 0. The van der Waals surface area contributed by atoms with Crippen molar-refractivity contribution in [1.82, 2.24) is 9.97 Å². The van der Waals surface area contributed by atoms with Gasteiger partial charge < -0.3 is 10.7 Å². The molecular weight excluding hydrogens is 266 g/mol. The van der Waals surface area contributed by atoms with Crippen LogP contribution in [-0.4, -0.2) is 9.97 Å². The molecular formula is C13H12ClN3S. The van der Waals surface area contributed by atoms with Gasteiger partial charge in [-0.05, 0) is 36.0 Å². The molecule has 3 nitrogen and oxygen atoms in total. The molecule has 0 radical (unpaired) electrons. The van der Waals surface area contributed by atoms with Crippen molar-refractivity contribution in [3.63, 3.8) is 0 Å². The summed E-state index contributed by atoms with van der Waals surface area (Å²) < 4.78 is 0.